The molecular formula is C11H12ClFN4O. The Morgan fingerprint density at radius 1 is 1.39 bits per heavy atom. The Morgan fingerprint density at radius 3 is 2.94 bits per heavy atom. The van der Waals surface area contributed by atoms with E-state index in [9.17, 15) is 4.39 Å². The van der Waals surface area contributed by atoms with Gasteiger partial charge in [-0.1, -0.05) is 16.8 Å². The molecule has 0 bridgehead atoms. The lowest BCUT2D eigenvalue weighted by atomic mass is 10.3. The predicted molar refractivity (Wildman–Crippen MR) is 65.8 cm³/mol. The summed E-state index contributed by atoms with van der Waals surface area (Å²) in [6.07, 6.45) is 1.71. The first-order valence-corrected chi connectivity index (χ1v) is 5.75. The Bertz CT molecular complexity index is 511. The second-order valence-electron chi connectivity index (χ2n) is 3.71. The maximum Gasteiger partial charge on any atom is 0.126 e. The summed E-state index contributed by atoms with van der Waals surface area (Å²) in [4.78, 5) is 0. The number of halogens is 2. The number of anilines is 1. The standard InChI is InChI=1S/C11H12ClFN4O/c12-8-3-9(13)5-10(4-8)14-6-11-7-17(1-2-18)16-15-11/h3-5,7,14,18H,1-2,6H2. The number of hydrogen-bond acceptors (Lipinski definition) is 4. The van der Waals surface area contributed by atoms with Crippen LogP contribution >= 0.6 is 11.6 Å². The van der Waals surface area contributed by atoms with Gasteiger partial charge in [0.15, 0.2) is 0 Å². The SMILES string of the molecule is OCCn1cc(CNc2cc(F)cc(Cl)c2)nn1. The van der Waals surface area contributed by atoms with E-state index >= 15 is 0 Å². The maximum absolute atomic E-state index is 13.1. The van der Waals surface area contributed by atoms with Gasteiger partial charge in [-0.25, -0.2) is 9.07 Å². The molecule has 5 nitrogen and oxygen atoms in total. The van der Waals surface area contributed by atoms with Crippen molar-refractivity contribution in [2.45, 2.75) is 13.1 Å². The number of benzene rings is 1. The van der Waals surface area contributed by atoms with Crippen LogP contribution in [0.2, 0.25) is 5.02 Å². The summed E-state index contributed by atoms with van der Waals surface area (Å²) in [5.74, 6) is -0.395. The van der Waals surface area contributed by atoms with E-state index in [-0.39, 0.29) is 6.61 Å². The molecule has 0 amide bonds. The molecule has 0 spiro atoms. The summed E-state index contributed by atoms with van der Waals surface area (Å²) in [6.45, 7) is 0.819. The van der Waals surface area contributed by atoms with Crippen molar-refractivity contribution >= 4 is 17.3 Å². The monoisotopic (exact) mass is 270 g/mol. The van der Waals surface area contributed by atoms with Crippen LogP contribution in [-0.2, 0) is 13.1 Å². The van der Waals surface area contributed by atoms with Crippen molar-refractivity contribution in [2.24, 2.45) is 0 Å². The Morgan fingerprint density at radius 2 is 2.22 bits per heavy atom. The zero-order chi connectivity index (χ0) is 13.0. The van der Waals surface area contributed by atoms with Crippen molar-refractivity contribution in [3.63, 3.8) is 0 Å². The lowest BCUT2D eigenvalue weighted by Gasteiger charge is -2.04. The number of aliphatic hydroxyl groups excluding tert-OH is 1. The third-order valence-corrected chi connectivity index (χ3v) is 2.47. The fraction of sp³-hybridized carbons (Fsp3) is 0.273. The molecule has 2 aromatic rings. The quantitative estimate of drug-likeness (QED) is 0.868. The Balaban J connectivity index is 1.97. The molecule has 2 N–H and O–H groups in total. The van der Waals surface area contributed by atoms with E-state index in [1.54, 1.807) is 12.3 Å². The van der Waals surface area contributed by atoms with Crippen LogP contribution < -0.4 is 5.32 Å². The first-order chi connectivity index (χ1) is 8.67. The summed E-state index contributed by atoms with van der Waals surface area (Å²) >= 11 is 5.74. The summed E-state index contributed by atoms with van der Waals surface area (Å²) in [5, 5.41) is 19.8. The summed E-state index contributed by atoms with van der Waals surface area (Å²) < 4.78 is 14.6. The van der Waals surface area contributed by atoms with Crippen LogP contribution in [0.5, 0.6) is 0 Å². The number of hydrogen-bond donors (Lipinski definition) is 2. The molecule has 0 radical (unpaired) electrons. The van der Waals surface area contributed by atoms with Crippen molar-refractivity contribution < 1.29 is 9.50 Å². The maximum atomic E-state index is 13.1. The average Bonchev–Trinajstić information content (AvgIpc) is 2.74. The Hall–Kier alpha value is -1.66. The zero-order valence-corrected chi connectivity index (χ0v) is 10.2. The molecule has 0 aliphatic rings. The minimum absolute atomic E-state index is 0.00966. The minimum atomic E-state index is -0.395. The van der Waals surface area contributed by atoms with Crippen LogP contribution in [-0.4, -0.2) is 26.7 Å². The highest BCUT2D eigenvalue weighted by Gasteiger charge is 2.02. The fourth-order valence-electron chi connectivity index (χ4n) is 1.48. The van der Waals surface area contributed by atoms with Crippen LogP contribution in [0, 0.1) is 5.82 Å². The average molecular weight is 271 g/mol. The van der Waals surface area contributed by atoms with Gasteiger partial charge in [-0.3, -0.25) is 0 Å². The van der Waals surface area contributed by atoms with E-state index in [0.29, 0.717) is 29.5 Å². The third kappa shape index (κ3) is 3.41. The van der Waals surface area contributed by atoms with Gasteiger partial charge in [0.05, 0.1) is 25.9 Å². The Labute approximate surface area is 108 Å². The van der Waals surface area contributed by atoms with E-state index < -0.39 is 5.82 Å². The lowest BCUT2D eigenvalue weighted by Crippen LogP contribution is -2.02. The summed E-state index contributed by atoms with van der Waals surface area (Å²) in [6, 6.07) is 4.22. The van der Waals surface area contributed by atoms with E-state index in [1.165, 1.54) is 16.8 Å². The van der Waals surface area contributed by atoms with Gasteiger partial charge in [0.25, 0.3) is 0 Å². The molecule has 0 aliphatic carbocycles. The van der Waals surface area contributed by atoms with Crippen LogP contribution in [0.25, 0.3) is 0 Å². The van der Waals surface area contributed by atoms with Crippen molar-refractivity contribution in [2.75, 3.05) is 11.9 Å². The molecule has 0 unspecified atom stereocenters. The molecule has 1 aromatic heterocycles. The minimum Gasteiger partial charge on any atom is -0.394 e. The first-order valence-electron chi connectivity index (χ1n) is 5.37. The third-order valence-electron chi connectivity index (χ3n) is 2.25. The van der Waals surface area contributed by atoms with Gasteiger partial charge in [-0.05, 0) is 18.2 Å². The highest BCUT2D eigenvalue weighted by atomic mass is 35.5. The van der Waals surface area contributed by atoms with Crippen LogP contribution in [0.4, 0.5) is 10.1 Å². The van der Waals surface area contributed by atoms with Crippen molar-refractivity contribution in [3.05, 3.63) is 40.9 Å². The summed E-state index contributed by atoms with van der Waals surface area (Å²) in [7, 11) is 0. The van der Waals surface area contributed by atoms with Gasteiger partial charge in [0.2, 0.25) is 0 Å². The molecule has 0 saturated heterocycles. The molecule has 0 atom stereocenters. The fourth-order valence-corrected chi connectivity index (χ4v) is 1.70. The molecule has 2 rings (SSSR count). The molecule has 1 aromatic carbocycles. The van der Waals surface area contributed by atoms with Crippen LogP contribution in [0.1, 0.15) is 5.69 Å². The summed E-state index contributed by atoms with van der Waals surface area (Å²) in [5.41, 5.74) is 1.28. The van der Waals surface area contributed by atoms with Gasteiger partial charge < -0.3 is 10.4 Å². The molecule has 96 valence electrons. The molecule has 0 saturated carbocycles. The van der Waals surface area contributed by atoms with Gasteiger partial charge in [-0.15, -0.1) is 5.10 Å². The van der Waals surface area contributed by atoms with Crippen molar-refractivity contribution in [1.82, 2.24) is 15.0 Å². The second-order valence-corrected chi connectivity index (χ2v) is 4.14. The normalized spacial score (nSPS) is 10.6. The topological polar surface area (TPSA) is 63.0 Å². The number of rotatable bonds is 5. The molecule has 1 heterocycles. The highest BCUT2D eigenvalue weighted by molar-refractivity contribution is 6.30. The van der Waals surface area contributed by atoms with Crippen LogP contribution in [0.15, 0.2) is 24.4 Å². The highest BCUT2D eigenvalue weighted by Crippen LogP contribution is 2.18. The first kappa shape index (κ1) is 12.8. The van der Waals surface area contributed by atoms with E-state index in [2.05, 4.69) is 15.6 Å². The number of nitrogens with zero attached hydrogens (tertiary/aromatic N) is 3. The zero-order valence-electron chi connectivity index (χ0n) is 9.48. The largest absolute Gasteiger partial charge is 0.394 e. The Kier molecular flexibility index (Phi) is 4.11. The van der Waals surface area contributed by atoms with Gasteiger partial charge in [-0.2, -0.15) is 0 Å². The van der Waals surface area contributed by atoms with E-state index in [1.807, 2.05) is 0 Å². The molecule has 18 heavy (non-hydrogen) atoms. The lowest BCUT2D eigenvalue weighted by molar-refractivity contribution is 0.268. The van der Waals surface area contributed by atoms with Gasteiger partial charge in [0, 0.05) is 10.7 Å². The van der Waals surface area contributed by atoms with Crippen LogP contribution in [0.3, 0.4) is 0 Å². The van der Waals surface area contributed by atoms with Gasteiger partial charge in [0.1, 0.15) is 11.5 Å². The smallest absolute Gasteiger partial charge is 0.126 e. The molecular weight excluding hydrogens is 259 g/mol. The molecule has 0 fully saturated rings. The van der Waals surface area contributed by atoms with Crippen molar-refractivity contribution in [3.8, 4) is 0 Å². The number of aromatic nitrogens is 3. The second kappa shape index (κ2) is 5.79. The van der Waals surface area contributed by atoms with Crippen molar-refractivity contribution in [1.29, 1.82) is 0 Å². The van der Waals surface area contributed by atoms with E-state index in [0.717, 1.165) is 0 Å². The predicted octanol–water partition coefficient (Wildman–Crippen LogP) is 1.67. The molecule has 0 aliphatic heterocycles. The number of aliphatic hydroxyl groups is 1. The molecule has 7 heteroatoms. The van der Waals surface area contributed by atoms with Gasteiger partial charge >= 0.3 is 0 Å². The van der Waals surface area contributed by atoms with E-state index in [4.69, 9.17) is 16.7 Å². The number of nitrogens with one attached hydrogen (secondary N) is 1.